The van der Waals surface area contributed by atoms with Gasteiger partial charge in [-0.25, -0.2) is 0 Å². The van der Waals surface area contributed by atoms with Crippen LogP contribution in [-0.4, -0.2) is 6.54 Å². The maximum atomic E-state index is 8.97. The zero-order chi connectivity index (χ0) is 12.8. The lowest BCUT2D eigenvalue weighted by Gasteiger charge is -2.07. The summed E-state index contributed by atoms with van der Waals surface area (Å²) >= 11 is 0. The standard InChI is InChI=1S/C15H14N2O/c16-10-9-12-5-7-14(8-6-12)18-15-4-2-1-3-13(15)11-17/h1-8H,9-10,16H2. The van der Waals surface area contributed by atoms with Crippen molar-refractivity contribution < 1.29 is 4.74 Å². The first kappa shape index (κ1) is 12.2. The van der Waals surface area contributed by atoms with Crippen LogP contribution in [0.25, 0.3) is 0 Å². The average Bonchev–Trinajstić information content (AvgIpc) is 2.42. The Hall–Kier alpha value is -2.31. The van der Waals surface area contributed by atoms with Gasteiger partial charge < -0.3 is 10.5 Å². The quantitative estimate of drug-likeness (QED) is 0.891. The fraction of sp³-hybridized carbons (Fsp3) is 0.133. The summed E-state index contributed by atoms with van der Waals surface area (Å²) < 4.78 is 5.68. The molecule has 2 N–H and O–H groups in total. The minimum atomic E-state index is 0.531. The Morgan fingerprint density at radius 1 is 1.06 bits per heavy atom. The molecule has 0 saturated carbocycles. The molecule has 3 nitrogen and oxygen atoms in total. The van der Waals surface area contributed by atoms with Gasteiger partial charge in [-0.05, 0) is 42.8 Å². The van der Waals surface area contributed by atoms with Crippen LogP contribution in [0.5, 0.6) is 11.5 Å². The van der Waals surface area contributed by atoms with Gasteiger partial charge in [-0.2, -0.15) is 5.26 Å². The molecule has 0 radical (unpaired) electrons. The second-order valence-corrected chi connectivity index (χ2v) is 3.89. The van der Waals surface area contributed by atoms with E-state index in [0.29, 0.717) is 17.9 Å². The number of rotatable bonds is 4. The molecule has 0 aromatic heterocycles. The van der Waals surface area contributed by atoms with Crippen molar-refractivity contribution in [3.05, 3.63) is 59.7 Å². The zero-order valence-electron chi connectivity index (χ0n) is 9.97. The predicted octanol–water partition coefficient (Wildman–Crippen LogP) is 2.85. The highest BCUT2D eigenvalue weighted by Gasteiger charge is 2.03. The minimum absolute atomic E-state index is 0.531. The monoisotopic (exact) mass is 238 g/mol. The van der Waals surface area contributed by atoms with Gasteiger partial charge in [-0.3, -0.25) is 0 Å². The number of hydrogen-bond acceptors (Lipinski definition) is 3. The van der Waals surface area contributed by atoms with Gasteiger partial charge in [-0.15, -0.1) is 0 Å². The lowest BCUT2D eigenvalue weighted by Crippen LogP contribution is -2.02. The summed E-state index contributed by atoms with van der Waals surface area (Å²) in [5.74, 6) is 1.30. The van der Waals surface area contributed by atoms with Gasteiger partial charge >= 0.3 is 0 Å². The normalized spacial score (nSPS) is 9.78. The van der Waals surface area contributed by atoms with E-state index < -0.39 is 0 Å². The summed E-state index contributed by atoms with van der Waals surface area (Å²) in [4.78, 5) is 0. The highest BCUT2D eigenvalue weighted by Crippen LogP contribution is 2.24. The molecule has 0 aliphatic heterocycles. The predicted molar refractivity (Wildman–Crippen MR) is 70.4 cm³/mol. The van der Waals surface area contributed by atoms with E-state index in [0.717, 1.165) is 12.2 Å². The van der Waals surface area contributed by atoms with E-state index in [4.69, 9.17) is 15.7 Å². The SMILES string of the molecule is N#Cc1ccccc1Oc1ccc(CCN)cc1. The molecule has 0 unspecified atom stereocenters. The summed E-state index contributed by atoms with van der Waals surface area (Å²) in [6, 6.07) is 17.0. The van der Waals surface area contributed by atoms with Crippen molar-refractivity contribution in [2.75, 3.05) is 6.54 Å². The highest BCUT2D eigenvalue weighted by atomic mass is 16.5. The van der Waals surface area contributed by atoms with Crippen molar-refractivity contribution in [2.24, 2.45) is 5.73 Å². The van der Waals surface area contributed by atoms with Crippen LogP contribution in [0, 0.1) is 11.3 Å². The molecule has 3 heteroatoms. The van der Waals surface area contributed by atoms with Crippen LogP contribution in [0.1, 0.15) is 11.1 Å². The Balaban J connectivity index is 2.16. The van der Waals surface area contributed by atoms with Crippen LogP contribution in [0.15, 0.2) is 48.5 Å². The third-order valence-corrected chi connectivity index (χ3v) is 2.59. The molecule has 2 rings (SSSR count). The van der Waals surface area contributed by atoms with E-state index in [9.17, 15) is 0 Å². The molecule has 0 bridgehead atoms. The Kier molecular flexibility index (Phi) is 3.95. The molecule has 0 aliphatic rings. The highest BCUT2D eigenvalue weighted by molar-refractivity contribution is 5.45. The van der Waals surface area contributed by atoms with E-state index in [1.54, 1.807) is 12.1 Å². The van der Waals surface area contributed by atoms with Gasteiger partial charge in [0.05, 0.1) is 5.56 Å². The lowest BCUT2D eigenvalue weighted by molar-refractivity contribution is 0.481. The molecule has 0 fully saturated rings. The molecule has 0 amide bonds. The van der Waals surface area contributed by atoms with Gasteiger partial charge in [0.15, 0.2) is 0 Å². The second kappa shape index (κ2) is 5.85. The van der Waals surface area contributed by atoms with Crippen molar-refractivity contribution >= 4 is 0 Å². The summed E-state index contributed by atoms with van der Waals surface area (Å²) in [7, 11) is 0. The Morgan fingerprint density at radius 3 is 2.44 bits per heavy atom. The fourth-order valence-electron chi connectivity index (χ4n) is 1.67. The van der Waals surface area contributed by atoms with Gasteiger partial charge in [0.2, 0.25) is 0 Å². The zero-order valence-corrected chi connectivity index (χ0v) is 9.97. The van der Waals surface area contributed by atoms with Gasteiger partial charge in [-0.1, -0.05) is 24.3 Å². The molecule has 0 atom stereocenters. The smallest absolute Gasteiger partial charge is 0.145 e. The van der Waals surface area contributed by atoms with Crippen LogP contribution in [0.4, 0.5) is 0 Å². The van der Waals surface area contributed by atoms with Crippen LogP contribution < -0.4 is 10.5 Å². The van der Waals surface area contributed by atoms with E-state index in [2.05, 4.69) is 6.07 Å². The van der Waals surface area contributed by atoms with E-state index in [1.165, 1.54) is 5.56 Å². The van der Waals surface area contributed by atoms with Crippen LogP contribution in [0.3, 0.4) is 0 Å². The van der Waals surface area contributed by atoms with Crippen molar-refractivity contribution in [1.29, 1.82) is 5.26 Å². The van der Waals surface area contributed by atoms with Crippen LogP contribution in [0.2, 0.25) is 0 Å². The molecule has 0 heterocycles. The van der Waals surface area contributed by atoms with Crippen molar-refractivity contribution in [1.82, 2.24) is 0 Å². The van der Waals surface area contributed by atoms with Gasteiger partial charge in [0.25, 0.3) is 0 Å². The lowest BCUT2D eigenvalue weighted by atomic mass is 10.1. The summed E-state index contributed by atoms with van der Waals surface area (Å²) in [5, 5.41) is 8.97. The molecule has 2 aromatic rings. The van der Waals surface area contributed by atoms with E-state index >= 15 is 0 Å². The van der Waals surface area contributed by atoms with Crippen LogP contribution in [-0.2, 0) is 6.42 Å². The van der Waals surface area contributed by atoms with Gasteiger partial charge in [0.1, 0.15) is 17.6 Å². The molecule has 0 aliphatic carbocycles. The largest absolute Gasteiger partial charge is 0.456 e. The number of nitrogens with two attached hydrogens (primary N) is 1. The summed E-state index contributed by atoms with van der Waals surface area (Å²) in [6.45, 7) is 0.636. The Labute approximate surface area is 106 Å². The third kappa shape index (κ3) is 2.88. The third-order valence-electron chi connectivity index (χ3n) is 2.59. The maximum absolute atomic E-state index is 8.97. The number of nitrogens with zero attached hydrogens (tertiary/aromatic N) is 1. The Morgan fingerprint density at radius 2 is 1.78 bits per heavy atom. The summed E-state index contributed by atoms with van der Waals surface area (Å²) in [6.07, 6.45) is 0.856. The number of hydrogen-bond donors (Lipinski definition) is 1. The molecular formula is C15H14N2O. The van der Waals surface area contributed by atoms with Gasteiger partial charge in [0, 0.05) is 0 Å². The number of nitriles is 1. The molecule has 0 saturated heterocycles. The van der Waals surface area contributed by atoms with Crippen molar-refractivity contribution in [3.63, 3.8) is 0 Å². The fourth-order valence-corrected chi connectivity index (χ4v) is 1.67. The first-order valence-electron chi connectivity index (χ1n) is 5.79. The molecule has 2 aromatic carbocycles. The number of ether oxygens (including phenoxy) is 1. The van der Waals surface area contributed by atoms with E-state index in [1.807, 2.05) is 36.4 Å². The molecule has 0 spiro atoms. The maximum Gasteiger partial charge on any atom is 0.145 e. The first-order chi connectivity index (χ1) is 8.83. The molecule has 90 valence electrons. The van der Waals surface area contributed by atoms with Crippen LogP contribution >= 0.6 is 0 Å². The number of benzene rings is 2. The number of para-hydroxylation sites is 1. The van der Waals surface area contributed by atoms with E-state index in [-0.39, 0.29) is 0 Å². The Bertz CT molecular complexity index is 555. The van der Waals surface area contributed by atoms with Crippen molar-refractivity contribution in [2.45, 2.75) is 6.42 Å². The first-order valence-corrected chi connectivity index (χ1v) is 5.79. The topological polar surface area (TPSA) is 59.0 Å². The van der Waals surface area contributed by atoms with Crippen molar-refractivity contribution in [3.8, 4) is 17.6 Å². The molecular weight excluding hydrogens is 224 g/mol. The second-order valence-electron chi connectivity index (χ2n) is 3.89. The average molecular weight is 238 g/mol. The minimum Gasteiger partial charge on any atom is -0.456 e. The summed E-state index contributed by atoms with van der Waals surface area (Å²) in [5.41, 5.74) is 7.20. The molecule has 18 heavy (non-hydrogen) atoms.